The summed E-state index contributed by atoms with van der Waals surface area (Å²) in [6.45, 7) is 2.32. The molecule has 0 atom stereocenters. The Bertz CT molecular complexity index is 745. The molecule has 0 fully saturated rings. The van der Waals surface area contributed by atoms with Crippen molar-refractivity contribution >= 4 is 27.3 Å². The summed E-state index contributed by atoms with van der Waals surface area (Å²) in [4.78, 5) is 0.0520. The molecule has 0 aliphatic heterocycles. The van der Waals surface area contributed by atoms with Crippen molar-refractivity contribution in [2.24, 2.45) is 0 Å². The van der Waals surface area contributed by atoms with Crippen molar-refractivity contribution < 1.29 is 8.42 Å². The van der Waals surface area contributed by atoms with E-state index in [1.807, 2.05) is 31.2 Å². The van der Waals surface area contributed by atoms with E-state index in [4.69, 9.17) is 17.3 Å². The van der Waals surface area contributed by atoms with Crippen LogP contribution in [0.1, 0.15) is 11.1 Å². The molecule has 0 heterocycles. The van der Waals surface area contributed by atoms with Crippen LogP contribution in [0.3, 0.4) is 0 Å². The molecule has 4 nitrogen and oxygen atoms in total. The van der Waals surface area contributed by atoms with Gasteiger partial charge in [0.05, 0.1) is 5.69 Å². The minimum atomic E-state index is -3.62. The average molecular weight is 325 g/mol. The fourth-order valence-corrected chi connectivity index (χ4v) is 3.36. The maximum absolute atomic E-state index is 12.2. The minimum Gasteiger partial charge on any atom is -0.398 e. The average Bonchev–Trinajstić information content (AvgIpc) is 2.38. The first-order valence-corrected chi connectivity index (χ1v) is 8.35. The highest BCUT2D eigenvalue weighted by Gasteiger charge is 2.16. The van der Waals surface area contributed by atoms with E-state index in [1.165, 1.54) is 18.2 Å². The molecule has 0 aliphatic rings. The molecule has 0 amide bonds. The molecule has 2 aromatic rings. The van der Waals surface area contributed by atoms with E-state index >= 15 is 0 Å². The van der Waals surface area contributed by atoms with Crippen molar-refractivity contribution in [3.63, 3.8) is 0 Å². The summed E-state index contributed by atoms with van der Waals surface area (Å²) in [6.07, 6.45) is 0.619. The molecular weight excluding hydrogens is 308 g/mol. The zero-order valence-electron chi connectivity index (χ0n) is 11.6. The lowest BCUT2D eigenvalue weighted by Crippen LogP contribution is -2.26. The van der Waals surface area contributed by atoms with Gasteiger partial charge < -0.3 is 5.73 Å². The number of anilines is 1. The van der Waals surface area contributed by atoms with Gasteiger partial charge in [0, 0.05) is 11.6 Å². The van der Waals surface area contributed by atoms with Gasteiger partial charge in [-0.15, -0.1) is 0 Å². The number of benzene rings is 2. The second kappa shape index (κ2) is 6.47. The monoisotopic (exact) mass is 324 g/mol. The molecule has 0 saturated carbocycles. The van der Waals surface area contributed by atoms with Crippen molar-refractivity contribution in [3.05, 3.63) is 58.6 Å². The molecule has 0 spiro atoms. The molecule has 0 aliphatic carbocycles. The molecule has 6 heteroatoms. The third-order valence-electron chi connectivity index (χ3n) is 3.05. The lowest BCUT2D eigenvalue weighted by molar-refractivity contribution is 0.582. The van der Waals surface area contributed by atoms with Crippen molar-refractivity contribution in [2.75, 3.05) is 12.3 Å². The van der Waals surface area contributed by atoms with E-state index in [0.29, 0.717) is 18.0 Å². The standard InChI is InChI=1S/C15H17ClN2O2S/c1-11-3-2-4-12(9-11)7-8-18-21(19,20)15-6-5-13(16)10-14(15)17/h2-6,9-10,18H,7-8,17H2,1H3. The number of nitrogens with one attached hydrogen (secondary N) is 1. The summed E-state index contributed by atoms with van der Waals surface area (Å²) >= 11 is 5.77. The fourth-order valence-electron chi connectivity index (χ4n) is 2.04. The Morgan fingerprint density at radius 1 is 1.19 bits per heavy atom. The Balaban J connectivity index is 2.05. The van der Waals surface area contributed by atoms with Crippen LogP contribution in [0.5, 0.6) is 0 Å². The number of hydrogen-bond acceptors (Lipinski definition) is 3. The fraction of sp³-hybridized carbons (Fsp3) is 0.200. The summed E-state index contributed by atoms with van der Waals surface area (Å²) < 4.78 is 26.9. The van der Waals surface area contributed by atoms with Crippen LogP contribution in [-0.2, 0) is 16.4 Å². The Morgan fingerprint density at radius 2 is 1.95 bits per heavy atom. The first-order chi connectivity index (χ1) is 9.88. The number of rotatable bonds is 5. The van der Waals surface area contributed by atoms with Crippen molar-refractivity contribution in [1.82, 2.24) is 4.72 Å². The van der Waals surface area contributed by atoms with Crippen molar-refractivity contribution in [2.45, 2.75) is 18.2 Å². The molecular formula is C15H17ClN2O2S. The van der Waals surface area contributed by atoms with Gasteiger partial charge in [0.2, 0.25) is 10.0 Å². The van der Waals surface area contributed by atoms with Crippen molar-refractivity contribution in [3.8, 4) is 0 Å². The lowest BCUT2D eigenvalue weighted by atomic mass is 10.1. The summed E-state index contributed by atoms with van der Waals surface area (Å²) in [5, 5.41) is 0.409. The molecule has 0 saturated heterocycles. The molecule has 0 radical (unpaired) electrons. The summed E-state index contributed by atoms with van der Waals surface area (Å²) in [7, 11) is -3.62. The molecule has 2 rings (SSSR count). The quantitative estimate of drug-likeness (QED) is 0.831. The van der Waals surface area contributed by atoms with E-state index in [1.54, 1.807) is 0 Å². The van der Waals surface area contributed by atoms with E-state index in [-0.39, 0.29) is 10.6 Å². The van der Waals surface area contributed by atoms with Gasteiger partial charge in [-0.1, -0.05) is 41.4 Å². The van der Waals surface area contributed by atoms with Crippen LogP contribution >= 0.6 is 11.6 Å². The largest absolute Gasteiger partial charge is 0.398 e. The predicted octanol–water partition coefficient (Wildman–Crippen LogP) is 2.75. The summed E-state index contributed by atoms with van der Waals surface area (Å²) in [5.41, 5.74) is 8.09. The topological polar surface area (TPSA) is 72.2 Å². The Kier molecular flexibility index (Phi) is 4.88. The smallest absolute Gasteiger partial charge is 0.242 e. The summed E-state index contributed by atoms with van der Waals surface area (Å²) in [5.74, 6) is 0. The molecule has 0 bridgehead atoms. The number of nitrogens with two attached hydrogens (primary N) is 1. The number of halogens is 1. The maximum Gasteiger partial charge on any atom is 0.242 e. The van der Waals surface area contributed by atoms with E-state index in [9.17, 15) is 8.42 Å². The van der Waals surface area contributed by atoms with Crippen LogP contribution in [0, 0.1) is 6.92 Å². The second-order valence-electron chi connectivity index (χ2n) is 4.82. The third-order valence-corrected chi connectivity index (χ3v) is 4.82. The Morgan fingerprint density at radius 3 is 2.62 bits per heavy atom. The normalized spacial score (nSPS) is 11.5. The molecule has 0 unspecified atom stereocenters. The highest BCUT2D eigenvalue weighted by Crippen LogP contribution is 2.22. The number of nitrogen functional groups attached to an aromatic ring is 1. The maximum atomic E-state index is 12.2. The van der Waals surface area contributed by atoms with Crippen LogP contribution in [0.4, 0.5) is 5.69 Å². The van der Waals surface area contributed by atoms with Gasteiger partial charge in [0.25, 0.3) is 0 Å². The van der Waals surface area contributed by atoms with E-state index in [0.717, 1.165) is 11.1 Å². The molecule has 2 aromatic carbocycles. The molecule has 3 N–H and O–H groups in total. The molecule has 0 aromatic heterocycles. The first-order valence-electron chi connectivity index (χ1n) is 6.49. The van der Waals surface area contributed by atoms with Crippen LogP contribution in [-0.4, -0.2) is 15.0 Å². The number of hydrogen-bond donors (Lipinski definition) is 2. The summed E-state index contributed by atoms with van der Waals surface area (Å²) in [6, 6.07) is 12.3. The minimum absolute atomic E-state index is 0.0520. The van der Waals surface area contributed by atoms with E-state index < -0.39 is 10.0 Å². The second-order valence-corrected chi connectivity index (χ2v) is 6.99. The van der Waals surface area contributed by atoms with Gasteiger partial charge in [-0.2, -0.15) is 0 Å². The van der Waals surface area contributed by atoms with Gasteiger partial charge in [-0.25, -0.2) is 13.1 Å². The van der Waals surface area contributed by atoms with Crippen LogP contribution in [0.2, 0.25) is 5.02 Å². The zero-order valence-corrected chi connectivity index (χ0v) is 13.2. The third kappa shape index (κ3) is 4.20. The SMILES string of the molecule is Cc1cccc(CCNS(=O)(=O)c2ccc(Cl)cc2N)c1. The highest BCUT2D eigenvalue weighted by molar-refractivity contribution is 7.89. The van der Waals surface area contributed by atoms with Gasteiger partial charge in [-0.05, 0) is 37.1 Å². The lowest BCUT2D eigenvalue weighted by Gasteiger charge is -2.09. The Labute approximate surface area is 130 Å². The van der Waals surface area contributed by atoms with Gasteiger partial charge in [0.1, 0.15) is 4.90 Å². The number of aryl methyl sites for hydroxylation is 1. The number of sulfonamides is 1. The molecule has 112 valence electrons. The first kappa shape index (κ1) is 15.8. The predicted molar refractivity (Wildman–Crippen MR) is 85.9 cm³/mol. The molecule has 21 heavy (non-hydrogen) atoms. The van der Waals surface area contributed by atoms with Gasteiger partial charge in [-0.3, -0.25) is 0 Å². The zero-order chi connectivity index (χ0) is 15.5. The van der Waals surface area contributed by atoms with Crippen LogP contribution in [0.15, 0.2) is 47.4 Å². The van der Waals surface area contributed by atoms with Crippen LogP contribution < -0.4 is 10.5 Å². The van der Waals surface area contributed by atoms with Gasteiger partial charge >= 0.3 is 0 Å². The van der Waals surface area contributed by atoms with E-state index in [2.05, 4.69) is 4.72 Å². The Hall–Kier alpha value is -1.56. The van der Waals surface area contributed by atoms with Crippen LogP contribution in [0.25, 0.3) is 0 Å². The highest BCUT2D eigenvalue weighted by atomic mass is 35.5. The van der Waals surface area contributed by atoms with Crippen molar-refractivity contribution in [1.29, 1.82) is 0 Å². The van der Waals surface area contributed by atoms with Gasteiger partial charge in [0.15, 0.2) is 0 Å².